The van der Waals surface area contributed by atoms with Crippen LogP contribution in [0.5, 0.6) is 0 Å². The average molecular weight is 417 g/mol. The van der Waals surface area contributed by atoms with Crippen LogP contribution in [0, 0.1) is 0 Å². The Morgan fingerprint density at radius 3 is 2.82 bits per heavy atom. The van der Waals surface area contributed by atoms with Gasteiger partial charge in [-0.1, -0.05) is 35.9 Å². The zero-order valence-electron chi connectivity index (χ0n) is 14.7. The molecule has 144 valence electrons. The van der Waals surface area contributed by atoms with E-state index in [0.717, 1.165) is 5.56 Å². The van der Waals surface area contributed by atoms with Gasteiger partial charge < -0.3 is 9.88 Å². The second-order valence-electron chi connectivity index (χ2n) is 6.40. The minimum absolute atomic E-state index is 0.0639. The average Bonchev–Trinajstić information content (AvgIpc) is 3.29. The number of nitrogens with zero attached hydrogens (tertiary/aromatic N) is 3. The molecule has 0 saturated heterocycles. The Hall–Kier alpha value is -2.84. The summed E-state index contributed by atoms with van der Waals surface area (Å²) >= 11 is 5.90. The first-order valence-corrected chi connectivity index (χ1v) is 10.4. The van der Waals surface area contributed by atoms with Crippen LogP contribution in [0.25, 0.3) is 0 Å². The highest BCUT2D eigenvalue weighted by Crippen LogP contribution is 2.32. The second-order valence-corrected chi connectivity index (χ2v) is 8.64. The highest BCUT2D eigenvalue weighted by atomic mass is 35.5. The second kappa shape index (κ2) is 7.29. The molecular weight excluding hydrogens is 400 g/mol. The number of amides is 1. The van der Waals surface area contributed by atoms with E-state index >= 15 is 0 Å². The zero-order valence-corrected chi connectivity index (χ0v) is 16.3. The summed E-state index contributed by atoms with van der Waals surface area (Å²) in [5.41, 5.74) is 2.24. The van der Waals surface area contributed by atoms with Crippen molar-refractivity contribution in [1.29, 1.82) is 0 Å². The van der Waals surface area contributed by atoms with Crippen molar-refractivity contribution >= 4 is 38.9 Å². The van der Waals surface area contributed by atoms with E-state index in [1.807, 2.05) is 18.2 Å². The largest absolute Gasteiger partial charge is 0.327 e. The number of carbonyl (C=O) groups is 1. The van der Waals surface area contributed by atoms with Gasteiger partial charge in [0.1, 0.15) is 6.54 Å². The summed E-state index contributed by atoms with van der Waals surface area (Å²) in [7, 11) is -3.78. The van der Waals surface area contributed by atoms with Crippen molar-refractivity contribution < 1.29 is 13.2 Å². The van der Waals surface area contributed by atoms with Gasteiger partial charge in [0.05, 0.1) is 12.0 Å². The fourth-order valence-electron chi connectivity index (χ4n) is 3.16. The molecule has 1 aliphatic rings. The number of aromatic nitrogens is 2. The van der Waals surface area contributed by atoms with Gasteiger partial charge in [-0.05, 0) is 36.2 Å². The van der Waals surface area contributed by atoms with E-state index in [0.29, 0.717) is 29.4 Å². The number of para-hydroxylation sites is 1. The summed E-state index contributed by atoms with van der Waals surface area (Å²) in [5, 5.41) is 3.15. The summed E-state index contributed by atoms with van der Waals surface area (Å²) in [6.07, 6.45) is 3.37. The third kappa shape index (κ3) is 3.61. The van der Waals surface area contributed by atoms with Crippen molar-refractivity contribution in [2.45, 2.75) is 18.0 Å². The molecule has 1 amide bonds. The van der Waals surface area contributed by atoms with Gasteiger partial charge in [-0.3, -0.25) is 9.10 Å². The molecule has 3 aromatic rings. The van der Waals surface area contributed by atoms with E-state index in [9.17, 15) is 13.2 Å². The van der Waals surface area contributed by atoms with E-state index < -0.39 is 10.0 Å². The molecule has 0 radical (unpaired) electrons. The van der Waals surface area contributed by atoms with Gasteiger partial charge in [0.2, 0.25) is 5.91 Å². The minimum atomic E-state index is -3.78. The molecule has 9 heteroatoms. The van der Waals surface area contributed by atoms with Crippen molar-refractivity contribution in [2.24, 2.45) is 0 Å². The SMILES string of the molecule is O=C(Cn1cnc(S(=O)(=O)N2CCc3ccccc32)c1)Nc1cccc(Cl)c1. The Morgan fingerprint density at radius 2 is 2.00 bits per heavy atom. The summed E-state index contributed by atoms with van der Waals surface area (Å²) < 4.78 is 28.7. The van der Waals surface area contributed by atoms with E-state index in [2.05, 4.69) is 10.3 Å². The van der Waals surface area contributed by atoms with E-state index in [4.69, 9.17) is 11.6 Å². The lowest BCUT2D eigenvalue weighted by Gasteiger charge is -2.17. The molecule has 28 heavy (non-hydrogen) atoms. The van der Waals surface area contributed by atoms with Crippen LogP contribution in [0.1, 0.15) is 5.56 Å². The van der Waals surface area contributed by atoms with Gasteiger partial charge in [0.25, 0.3) is 10.0 Å². The van der Waals surface area contributed by atoms with E-state index in [1.165, 1.54) is 21.4 Å². The number of hydrogen-bond donors (Lipinski definition) is 1. The van der Waals surface area contributed by atoms with Crippen LogP contribution in [0.2, 0.25) is 5.02 Å². The normalized spacial score (nSPS) is 13.4. The van der Waals surface area contributed by atoms with Gasteiger partial charge in [-0.2, -0.15) is 8.42 Å². The number of carbonyl (C=O) groups excluding carboxylic acids is 1. The first-order chi connectivity index (χ1) is 13.4. The molecule has 2 heterocycles. The molecule has 1 N–H and O–H groups in total. The van der Waals surface area contributed by atoms with E-state index in [1.54, 1.807) is 30.3 Å². The van der Waals surface area contributed by atoms with Crippen LogP contribution in [0.3, 0.4) is 0 Å². The quantitative estimate of drug-likeness (QED) is 0.693. The molecule has 0 atom stereocenters. The maximum atomic E-state index is 13.0. The Balaban J connectivity index is 1.49. The third-order valence-corrected chi connectivity index (χ3v) is 6.38. The van der Waals surface area contributed by atoms with Gasteiger partial charge in [-0.25, -0.2) is 4.98 Å². The lowest BCUT2D eigenvalue weighted by Crippen LogP contribution is -2.29. The molecule has 1 aromatic heterocycles. The summed E-state index contributed by atoms with van der Waals surface area (Å²) in [5.74, 6) is -0.310. The van der Waals surface area contributed by atoms with Gasteiger partial charge in [0, 0.05) is 23.5 Å². The molecule has 7 nitrogen and oxygen atoms in total. The standard InChI is InChI=1S/C19H17ClN4O3S/c20-15-5-3-6-16(10-15)22-18(25)11-23-12-19(21-13-23)28(26,27)24-9-8-14-4-1-2-7-17(14)24/h1-7,10,12-13H,8-9,11H2,(H,22,25). The number of benzene rings is 2. The molecule has 0 spiro atoms. The Kier molecular flexibility index (Phi) is 4.82. The molecule has 0 unspecified atom stereocenters. The number of imidazole rings is 1. The van der Waals surface area contributed by atoms with Crippen molar-refractivity contribution in [3.05, 3.63) is 71.6 Å². The number of hydrogen-bond acceptors (Lipinski definition) is 4. The molecule has 0 bridgehead atoms. The number of halogens is 1. The van der Waals surface area contributed by atoms with Crippen molar-refractivity contribution in [1.82, 2.24) is 9.55 Å². The van der Waals surface area contributed by atoms with Crippen molar-refractivity contribution in [2.75, 3.05) is 16.2 Å². The smallest absolute Gasteiger partial charge is 0.283 e. The van der Waals surface area contributed by atoms with Gasteiger partial charge >= 0.3 is 0 Å². The molecule has 0 saturated carbocycles. The highest BCUT2D eigenvalue weighted by molar-refractivity contribution is 7.92. The van der Waals surface area contributed by atoms with Crippen LogP contribution in [0.15, 0.2) is 66.1 Å². The number of rotatable bonds is 5. The fraction of sp³-hybridized carbons (Fsp3) is 0.158. The van der Waals surface area contributed by atoms with E-state index in [-0.39, 0.29) is 17.5 Å². The lowest BCUT2D eigenvalue weighted by molar-refractivity contribution is -0.116. The predicted octanol–water partition coefficient (Wildman–Crippen LogP) is 2.93. The lowest BCUT2D eigenvalue weighted by atomic mass is 10.2. The third-order valence-electron chi connectivity index (χ3n) is 4.44. The number of fused-ring (bicyclic) bond motifs is 1. The molecule has 1 aliphatic heterocycles. The fourth-order valence-corrected chi connectivity index (χ4v) is 4.80. The monoisotopic (exact) mass is 416 g/mol. The molecule has 4 rings (SSSR count). The highest BCUT2D eigenvalue weighted by Gasteiger charge is 2.32. The number of nitrogens with one attached hydrogen (secondary N) is 1. The maximum absolute atomic E-state index is 13.0. The maximum Gasteiger partial charge on any atom is 0.283 e. The molecule has 0 fully saturated rings. The first-order valence-electron chi connectivity index (χ1n) is 8.61. The van der Waals surface area contributed by atoms with Crippen LogP contribution in [-0.4, -0.2) is 30.4 Å². The van der Waals surface area contributed by atoms with Gasteiger partial charge in [-0.15, -0.1) is 0 Å². The van der Waals surface area contributed by atoms with Crippen molar-refractivity contribution in [3.63, 3.8) is 0 Å². The molecule has 0 aliphatic carbocycles. The predicted molar refractivity (Wildman–Crippen MR) is 107 cm³/mol. The Morgan fingerprint density at radius 1 is 1.18 bits per heavy atom. The summed E-state index contributed by atoms with van der Waals surface area (Å²) in [6, 6.07) is 14.2. The first kappa shape index (κ1) is 18.5. The van der Waals surface area contributed by atoms with Gasteiger partial charge in [0.15, 0.2) is 5.03 Å². The van der Waals surface area contributed by atoms with Crippen molar-refractivity contribution in [3.8, 4) is 0 Å². The molecule has 2 aromatic carbocycles. The summed E-state index contributed by atoms with van der Waals surface area (Å²) in [4.78, 5) is 16.2. The minimum Gasteiger partial charge on any atom is -0.327 e. The number of sulfonamides is 1. The number of anilines is 2. The van der Waals surface area contributed by atoms with Crippen LogP contribution in [0.4, 0.5) is 11.4 Å². The Labute approximate surface area is 167 Å². The van der Waals surface area contributed by atoms with Crippen LogP contribution >= 0.6 is 11.6 Å². The van der Waals surface area contributed by atoms with Crippen LogP contribution < -0.4 is 9.62 Å². The summed E-state index contributed by atoms with van der Waals surface area (Å²) in [6.45, 7) is 0.315. The van der Waals surface area contributed by atoms with Crippen LogP contribution in [-0.2, 0) is 27.8 Å². The Bertz CT molecular complexity index is 1140. The zero-order chi connectivity index (χ0) is 19.7. The molecular formula is C19H17ClN4O3S. The topological polar surface area (TPSA) is 84.3 Å².